The van der Waals surface area contributed by atoms with E-state index in [1.807, 2.05) is 30.3 Å². The zero-order valence-electron chi connectivity index (χ0n) is 20.2. The first-order chi connectivity index (χ1) is 16.9. The lowest BCUT2D eigenvalue weighted by atomic mass is 9.95. The Balaban J connectivity index is 1.93. The summed E-state index contributed by atoms with van der Waals surface area (Å²) >= 11 is 1.26. The van der Waals surface area contributed by atoms with Gasteiger partial charge in [0.15, 0.2) is 16.3 Å². The van der Waals surface area contributed by atoms with Crippen molar-refractivity contribution in [3.8, 4) is 17.2 Å². The van der Waals surface area contributed by atoms with Crippen LogP contribution in [0.2, 0.25) is 0 Å². The maximum Gasteiger partial charge on any atom is 0.338 e. The van der Waals surface area contributed by atoms with Crippen LogP contribution in [0, 0.1) is 0 Å². The van der Waals surface area contributed by atoms with E-state index in [1.54, 1.807) is 58.0 Å². The molecule has 0 fully saturated rings. The molecule has 1 aliphatic heterocycles. The van der Waals surface area contributed by atoms with Gasteiger partial charge in [-0.2, -0.15) is 0 Å². The van der Waals surface area contributed by atoms with Crippen molar-refractivity contribution in [2.45, 2.75) is 19.9 Å². The highest BCUT2D eigenvalue weighted by molar-refractivity contribution is 7.07. The molecule has 0 unspecified atom stereocenters. The molecule has 0 bridgehead atoms. The van der Waals surface area contributed by atoms with Gasteiger partial charge in [0.2, 0.25) is 0 Å². The van der Waals surface area contributed by atoms with Crippen molar-refractivity contribution >= 4 is 23.4 Å². The summed E-state index contributed by atoms with van der Waals surface area (Å²) in [4.78, 5) is 31.8. The van der Waals surface area contributed by atoms with E-state index in [-0.39, 0.29) is 12.2 Å². The number of fused-ring (bicyclic) bond motifs is 1. The number of carbonyl (C=O) groups excluding carboxylic acids is 1. The Morgan fingerprint density at radius 1 is 1.09 bits per heavy atom. The summed E-state index contributed by atoms with van der Waals surface area (Å²) in [7, 11) is 4.70. The Morgan fingerprint density at radius 3 is 2.54 bits per heavy atom. The van der Waals surface area contributed by atoms with E-state index in [4.69, 9.17) is 18.9 Å². The highest BCUT2D eigenvalue weighted by Gasteiger charge is 2.33. The summed E-state index contributed by atoms with van der Waals surface area (Å²) in [6.07, 6.45) is 1.78. The summed E-state index contributed by atoms with van der Waals surface area (Å²) in [6.45, 7) is 3.71. The molecular weight excluding hydrogens is 468 g/mol. The van der Waals surface area contributed by atoms with Gasteiger partial charge in [-0.1, -0.05) is 29.5 Å². The average Bonchev–Trinajstić information content (AvgIpc) is 3.17. The van der Waals surface area contributed by atoms with Crippen LogP contribution in [0.3, 0.4) is 0 Å². The van der Waals surface area contributed by atoms with Crippen molar-refractivity contribution < 1.29 is 23.7 Å². The van der Waals surface area contributed by atoms with Crippen LogP contribution in [-0.4, -0.2) is 38.5 Å². The van der Waals surface area contributed by atoms with Crippen molar-refractivity contribution in [2.75, 3.05) is 27.9 Å². The third-order valence-electron chi connectivity index (χ3n) is 5.63. The Labute approximate surface area is 206 Å². The molecule has 1 aliphatic rings. The van der Waals surface area contributed by atoms with Gasteiger partial charge < -0.3 is 18.9 Å². The van der Waals surface area contributed by atoms with Crippen LogP contribution in [0.25, 0.3) is 6.08 Å². The number of rotatable bonds is 7. The first-order valence-electron chi connectivity index (χ1n) is 11.0. The first kappa shape index (κ1) is 24.3. The Kier molecular flexibility index (Phi) is 7.07. The van der Waals surface area contributed by atoms with Gasteiger partial charge in [0.05, 0.1) is 49.8 Å². The second-order valence-electron chi connectivity index (χ2n) is 7.69. The van der Waals surface area contributed by atoms with Crippen LogP contribution in [0.4, 0.5) is 0 Å². The molecule has 2 aromatic carbocycles. The Bertz CT molecular complexity index is 1480. The molecule has 1 aromatic heterocycles. The van der Waals surface area contributed by atoms with Crippen LogP contribution in [0.1, 0.15) is 31.0 Å². The number of hydrogen-bond acceptors (Lipinski definition) is 8. The molecule has 0 aliphatic carbocycles. The maximum absolute atomic E-state index is 13.7. The molecule has 0 radical (unpaired) electrons. The summed E-state index contributed by atoms with van der Waals surface area (Å²) in [5.41, 5.74) is 2.07. The van der Waals surface area contributed by atoms with Gasteiger partial charge in [-0.15, -0.1) is 0 Å². The Hall–Kier alpha value is -3.85. The number of esters is 1. The first-order valence-corrected chi connectivity index (χ1v) is 11.8. The van der Waals surface area contributed by atoms with Crippen molar-refractivity contribution in [3.63, 3.8) is 0 Å². The summed E-state index contributed by atoms with van der Waals surface area (Å²) in [6, 6.07) is 12.0. The van der Waals surface area contributed by atoms with E-state index in [1.165, 1.54) is 11.3 Å². The molecule has 0 saturated carbocycles. The van der Waals surface area contributed by atoms with Gasteiger partial charge in [-0.05, 0) is 55.3 Å². The number of carbonyl (C=O) groups is 1. The molecule has 0 saturated heterocycles. The van der Waals surface area contributed by atoms with E-state index < -0.39 is 12.0 Å². The highest BCUT2D eigenvalue weighted by Crippen LogP contribution is 2.32. The number of hydrogen-bond donors (Lipinski definition) is 0. The van der Waals surface area contributed by atoms with E-state index >= 15 is 0 Å². The number of benzene rings is 2. The van der Waals surface area contributed by atoms with E-state index in [0.717, 1.165) is 11.1 Å². The number of nitrogens with zero attached hydrogens (tertiary/aromatic N) is 2. The predicted octanol–water partition coefficient (Wildman–Crippen LogP) is 2.82. The van der Waals surface area contributed by atoms with Crippen LogP contribution in [0.5, 0.6) is 17.2 Å². The highest BCUT2D eigenvalue weighted by atomic mass is 32.1. The fourth-order valence-corrected chi connectivity index (χ4v) is 5.06. The number of aromatic nitrogens is 1. The van der Waals surface area contributed by atoms with E-state index in [0.29, 0.717) is 37.9 Å². The van der Waals surface area contributed by atoms with Crippen LogP contribution < -0.4 is 29.1 Å². The number of methoxy groups -OCH3 is 3. The van der Waals surface area contributed by atoms with E-state index in [2.05, 4.69) is 4.99 Å². The lowest BCUT2D eigenvalue weighted by Crippen LogP contribution is -2.39. The number of allylic oxidation sites excluding steroid dienone is 1. The smallest absolute Gasteiger partial charge is 0.338 e. The average molecular weight is 495 g/mol. The van der Waals surface area contributed by atoms with Crippen LogP contribution in [0.15, 0.2) is 63.5 Å². The molecule has 9 heteroatoms. The molecule has 1 atom stereocenters. The minimum Gasteiger partial charge on any atom is -0.497 e. The fraction of sp³-hybridized carbons (Fsp3) is 0.269. The standard InChI is InChI=1S/C26H26N2O6S/c1-6-34-25(30)22-15(2)27-26-28(23(22)17-8-7-9-18(14-17)31-3)24(29)21(35-26)13-16-10-11-19(32-4)20(12-16)33-5/h7-14,23H,6H2,1-5H3/b21-13-/t23-/m0/s1. The molecule has 8 nitrogen and oxygen atoms in total. The molecule has 0 spiro atoms. The summed E-state index contributed by atoms with van der Waals surface area (Å²) in [5, 5.41) is 0. The third-order valence-corrected chi connectivity index (χ3v) is 6.61. The minimum atomic E-state index is -0.701. The quantitative estimate of drug-likeness (QED) is 0.470. The van der Waals surface area contributed by atoms with Gasteiger partial charge in [-0.3, -0.25) is 9.36 Å². The zero-order valence-corrected chi connectivity index (χ0v) is 21.0. The maximum atomic E-state index is 13.7. The van der Waals surface area contributed by atoms with Gasteiger partial charge >= 0.3 is 5.97 Å². The normalized spacial score (nSPS) is 15.3. The van der Waals surface area contributed by atoms with Crippen molar-refractivity contribution in [2.24, 2.45) is 4.99 Å². The Morgan fingerprint density at radius 2 is 1.86 bits per heavy atom. The summed E-state index contributed by atoms with van der Waals surface area (Å²) in [5.74, 6) is 1.27. The summed E-state index contributed by atoms with van der Waals surface area (Å²) < 4.78 is 23.4. The molecule has 35 heavy (non-hydrogen) atoms. The molecule has 0 N–H and O–H groups in total. The second kappa shape index (κ2) is 10.2. The van der Waals surface area contributed by atoms with E-state index in [9.17, 15) is 9.59 Å². The largest absolute Gasteiger partial charge is 0.497 e. The van der Waals surface area contributed by atoms with Crippen LogP contribution in [-0.2, 0) is 9.53 Å². The van der Waals surface area contributed by atoms with Gasteiger partial charge in [0, 0.05) is 0 Å². The molecule has 182 valence electrons. The molecule has 0 amide bonds. The zero-order chi connectivity index (χ0) is 25.1. The monoisotopic (exact) mass is 494 g/mol. The van der Waals surface area contributed by atoms with Crippen LogP contribution >= 0.6 is 11.3 Å². The molecule has 2 heterocycles. The topological polar surface area (TPSA) is 88.4 Å². The lowest BCUT2D eigenvalue weighted by molar-refractivity contribution is -0.139. The third kappa shape index (κ3) is 4.59. The number of thiazole rings is 1. The lowest BCUT2D eigenvalue weighted by Gasteiger charge is -2.25. The second-order valence-corrected chi connectivity index (χ2v) is 8.70. The van der Waals surface area contributed by atoms with Crippen molar-refractivity contribution in [1.29, 1.82) is 0 Å². The minimum absolute atomic E-state index is 0.212. The van der Waals surface area contributed by atoms with Gasteiger partial charge in [0.25, 0.3) is 5.56 Å². The molecule has 3 aromatic rings. The predicted molar refractivity (Wildman–Crippen MR) is 133 cm³/mol. The molecule has 4 rings (SSSR count). The van der Waals surface area contributed by atoms with Crippen molar-refractivity contribution in [3.05, 3.63) is 84.5 Å². The number of ether oxygens (including phenoxy) is 4. The fourth-order valence-electron chi connectivity index (χ4n) is 4.01. The van der Waals surface area contributed by atoms with Gasteiger partial charge in [0.1, 0.15) is 5.75 Å². The van der Waals surface area contributed by atoms with Crippen molar-refractivity contribution in [1.82, 2.24) is 4.57 Å². The SMILES string of the molecule is CCOC(=O)C1=C(C)N=c2s/c(=C\c3ccc(OC)c(OC)c3)c(=O)n2[C@H]1c1cccc(OC)c1. The molecular formula is C26H26N2O6S. The van der Waals surface area contributed by atoms with Gasteiger partial charge in [-0.25, -0.2) is 9.79 Å².